The van der Waals surface area contributed by atoms with Crippen LogP contribution in [-0.2, 0) is 4.79 Å². The Morgan fingerprint density at radius 3 is 2.68 bits per heavy atom. The zero-order chi connectivity index (χ0) is 22.2. The summed E-state index contributed by atoms with van der Waals surface area (Å²) in [5.74, 6) is 0.392. The fourth-order valence-corrected chi connectivity index (χ4v) is 3.54. The van der Waals surface area contributed by atoms with Crippen LogP contribution in [0.2, 0.25) is 5.02 Å². The molecule has 2 aromatic rings. The summed E-state index contributed by atoms with van der Waals surface area (Å²) in [5.41, 5.74) is 0.209. The number of ether oxygens (including phenoxy) is 1. The van der Waals surface area contributed by atoms with Gasteiger partial charge < -0.3 is 15.0 Å². The first-order valence-corrected chi connectivity index (χ1v) is 10.6. The van der Waals surface area contributed by atoms with E-state index < -0.39 is 4.92 Å². The van der Waals surface area contributed by atoms with Gasteiger partial charge in [-0.25, -0.2) is 0 Å². The van der Waals surface area contributed by atoms with Crippen molar-refractivity contribution in [3.05, 3.63) is 63.2 Å². The molecular weight excluding hydrogens is 422 g/mol. The van der Waals surface area contributed by atoms with E-state index in [0.29, 0.717) is 37.2 Å². The maximum atomic E-state index is 12.3. The minimum atomic E-state index is -0.567. The van der Waals surface area contributed by atoms with Crippen molar-refractivity contribution in [1.29, 1.82) is 0 Å². The van der Waals surface area contributed by atoms with Crippen LogP contribution >= 0.6 is 11.6 Å². The number of hydrogen-bond donors (Lipinski definition) is 1. The summed E-state index contributed by atoms with van der Waals surface area (Å²) in [6.45, 7) is 1.91. The molecule has 0 spiro atoms. The summed E-state index contributed by atoms with van der Waals surface area (Å²) < 4.78 is 5.58. The largest absolute Gasteiger partial charge is 0.450 e. The highest BCUT2D eigenvalue weighted by Crippen LogP contribution is 2.33. The van der Waals surface area contributed by atoms with Gasteiger partial charge in [-0.05, 0) is 55.7 Å². The van der Waals surface area contributed by atoms with Crippen molar-refractivity contribution in [3.63, 3.8) is 0 Å². The van der Waals surface area contributed by atoms with Gasteiger partial charge in [0.05, 0.1) is 4.92 Å². The molecule has 0 aliphatic carbocycles. The summed E-state index contributed by atoms with van der Waals surface area (Å²) >= 11 is 5.81. The third-order valence-electron chi connectivity index (χ3n) is 5.02. The molecule has 8 nitrogen and oxygen atoms in total. The zero-order valence-corrected chi connectivity index (χ0v) is 17.8. The van der Waals surface area contributed by atoms with E-state index in [4.69, 9.17) is 16.3 Å². The molecule has 0 saturated carbocycles. The van der Waals surface area contributed by atoms with Gasteiger partial charge in [0.25, 0.3) is 5.91 Å². The summed E-state index contributed by atoms with van der Waals surface area (Å²) in [5, 5.41) is 14.2. The molecule has 1 saturated heterocycles. The molecule has 1 aliphatic heterocycles. The number of nitro groups is 1. The van der Waals surface area contributed by atoms with Gasteiger partial charge in [0.2, 0.25) is 11.7 Å². The monoisotopic (exact) mass is 445 g/mol. The molecule has 0 bridgehead atoms. The Morgan fingerprint density at radius 1 is 1.16 bits per heavy atom. The van der Waals surface area contributed by atoms with Crippen LogP contribution in [0.15, 0.2) is 42.5 Å². The van der Waals surface area contributed by atoms with Crippen LogP contribution in [0.25, 0.3) is 0 Å². The number of nitrogens with zero attached hydrogens (tertiary/aromatic N) is 2. The minimum absolute atomic E-state index is 0.0645. The van der Waals surface area contributed by atoms with Crippen LogP contribution in [0.3, 0.4) is 0 Å². The maximum Gasteiger partial charge on any atom is 0.313 e. The Labute approximate surface area is 185 Å². The van der Waals surface area contributed by atoms with E-state index in [2.05, 4.69) is 5.32 Å². The summed E-state index contributed by atoms with van der Waals surface area (Å²) in [6.07, 6.45) is 4.38. The molecule has 2 aromatic carbocycles. The van der Waals surface area contributed by atoms with Crippen molar-refractivity contribution in [2.24, 2.45) is 0 Å². The number of nitro benzene ring substituents is 1. The lowest BCUT2D eigenvalue weighted by molar-refractivity contribution is -0.385. The van der Waals surface area contributed by atoms with Crippen LogP contribution in [0.1, 0.15) is 42.5 Å². The SMILES string of the molecule is O=C(NCCCN1CCCCCC1=O)c1ccc(Oc2ccc(Cl)cc2[N+](=O)[O-])cc1. The predicted octanol–water partition coefficient (Wildman–Crippen LogP) is 4.56. The number of nitrogens with one attached hydrogen (secondary N) is 1. The van der Waals surface area contributed by atoms with E-state index in [1.807, 2.05) is 4.90 Å². The van der Waals surface area contributed by atoms with Gasteiger partial charge in [0.1, 0.15) is 5.75 Å². The smallest absolute Gasteiger partial charge is 0.313 e. The lowest BCUT2D eigenvalue weighted by Crippen LogP contribution is -2.33. The first kappa shape index (κ1) is 22.6. The molecule has 0 atom stereocenters. The Balaban J connectivity index is 1.50. The van der Waals surface area contributed by atoms with Crippen LogP contribution in [0, 0.1) is 10.1 Å². The van der Waals surface area contributed by atoms with Crippen molar-refractivity contribution in [2.75, 3.05) is 19.6 Å². The number of carbonyl (C=O) groups is 2. The molecule has 0 radical (unpaired) electrons. The number of amides is 2. The molecule has 0 aromatic heterocycles. The second-order valence-corrected chi connectivity index (χ2v) is 7.73. The molecule has 1 N–H and O–H groups in total. The number of likely N-dealkylation sites (tertiary alicyclic amines) is 1. The normalized spacial score (nSPS) is 14.1. The van der Waals surface area contributed by atoms with Crippen LogP contribution in [-0.4, -0.2) is 41.3 Å². The summed E-state index contributed by atoms with van der Waals surface area (Å²) in [4.78, 5) is 36.8. The van der Waals surface area contributed by atoms with Gasteiger partial charge in [-0.1, -0.05) is 18.0 Å². The Morgan fingerprint density at radius 2 is 1.94 bits per heavy atom. The van der Waals surface area contributed by atoms with Gasteiger partial charge in [0, 0.05) is 42.7 Å². The number of halogens is 1. The van der Waals surface area contributed by atoms with Crippen LogP contribution in [0.4, 0.5) is 5.69 Å². The molecule has 1 fully saturated rings. The molecule has 3 rings (SSSR count). The molecule has 31 heavy (non-hydrogen) atoms. The van der Waals surface area contributed by atoms with E-state index >= 15 is 0 Å². The average molecular weight is 446 g/mol. The van der Waals surface area contributed by atoms with Crippen molar-refractivity contribution in [1.82, 2.24) is 10.2 Å². The number of rotatable bonds is 8. The third-order valence-corrected chi connectivity index (χ3v) is 5.26. The first-order valence-electron chi connectivity index (χ1n) is 10.2. The van der Waals surface area contributed by atoms with E-state index in [1.165, 1.54) is 18.2 Å². The Kier molecular flexibility index (Phi) is 7.83. The minimum Gasteiger partial charge on any atom is -0.450 e. The summed E-state index contributed by atoms with van der Waals surface area (Å²) in [6, 6.07) is 10.5. The fraction of sp³-hybridized carbons (Fsp3) is 0.364. The number of carbonyl (C=O) groups excluding carboxylic acids is 2. The van der Waals surface area contributed by atoms with Gasteiger partial charge in [-0.2, -0.15) is 0 Å². The van der Waals surface area contributed by atoms with E-state index in [1.54, 1.807) is 24.3 Å². The topological polar surface area (TPSA) is 102 Å². The van der Waals surface area contributed by atoms with E-state index in [-0.39, 0.29) is 28.3 Å². The van der Waals surface area contributed by atoms with Gasteiger partial charge in [-0.3, -0.25) is 19.7 Å². The highest BCUT2D eigenvalue weighted by molar-refractivity contribution is 6.30. The maximum absolute atomic E-state index is 12.3. The molecule has 2 amide bonds. The lowest BCUT2D eigenvalue weighted by atomic mass is 10.2. The first-order chi connectivity index (χ1) is 14.9. The fourth-order valence-electron chi connectivity index (χ4n) is 3.37. The van der Waals surface area contributed by atoms with Crippen molar-refractivity contribution in [3.8, 4) is 11.5 Å². The standard InChI is InChI=1S/C22H24ClN3O5/c23-17-8-11-20(19(15-17)26(29)30)31-18-9-6-16(7-10-18)22(28)24-12-4-14-25-13-3-1-2-5-21(25)27/h6-11,15H,1-5,12-14H2,(H,24,28). The van der Waals surface area contributed by atoms with E-state index in [9.17, 15) is 19.7 Å². The molecule has 1 heterocycles. The highest BCUT2D eigenvalue weighted by atomic mass is 35.5. The van der Waals surface area contributed by atoms with Gasteiger partial charge in [0.15, 0.2) is 0 Å². The van der Waals surface area contributed by atoms with Crippen molar-refractivity contribution < 1.29 is 19.2 Å². The second-order valence-electron chi connectivity index (χ2n) is 7.30. The van der Waals surface area contributed by atoms with Gasteiger partial charge >= 0.3 is 5.69 Å². The molecule has 164 valence electrons. The molecule has 0 unspecified atom stereocenters. The highest BCUT2D eigenvalue weighted by Gasteiger charge is 2.17. The van der Waals surface area contributed by atoms with E-state index in [0.717, 1.165) is 25.8 Å². The molecule has 9 heteroatoms. The average Bonchev–Trinajstić information content (AvgIpc) is 2.96. The van der Waals surface area contributed by atoms with Crippen LogP contribution in [0.5, 0.6) is 11.5 Å². The van der Waals surface area contributed by atoms with Crippen LogP contribution < -0.4 is 10.1 Å². The molecular formula is C22H24ClN3O5. The lowest BCUT2D eigenvalue weighted by Gasteiger charge is -2.20. The Hall–Kier alpha value is -3.13. The number of hydrogen-bond acceptors (Lipinski definition) is 5. The number of benzene rings is 2. The predicted molar refractivity (Wildman–Crippen MR) is 117 cm³/mol. The quantitative estimate of drug-likeness (QED) is 0.364. The van der Waals surface area contributed by atoms with Crippen molar-refractivity contribution >= 4 is 29.1 Å². The Bertz CT molecular complexity index is 949. The molecule has 1 aliphatic rings. The third kappa shape index (κ3) is 6.42. The van der Waals surface area contributed by atoms with Gasteiger partial charge in [-0.15, -0.1) is 0 Å². The summed E-state index contributed by atoms with van der Waals surface area (Å²) in [7, 11) is 0. The second kappa shape index (κ2) is 10.8. The zero-order valence-electron chi connectivity index (χ0n) is 17.0. The van der Waals surface area contributed by atoms with Crippen molar-refractivity contribution in [2.45, 2.75) is 32.1 Å².